The molecule has 182 valence electrons. The third-order valence-electron chi connectivity index (χ3n) is 7.41. The van der Waals surface area contributed by atoms with E-state index in [1.807, 2.05) is 60.4 Å². The van der Waals surface area contributed by atoms with Crippen molar-refractivity contribution in [2.24, 2.45) is 0 Å². The molecule has 6 nitrogen and oxygen atoms in total. The fourth-order valence-corrected chi connectivity index (χ4v) is 5.65. The van der Waals surface area contributed by atoms with Gasteiger partial charge in [-0.3, -0.25) is 9.59 Å². The minimum Gasteiger partial charge on any atom is -0.366 e. The van der Waals surface area contributed by atoms with Gasteiger partial charge in [-0.25, -0.2) is 4.39 Å². The van der Waals surface area contributed by atoms with Gasteiger partial charge < -0.3 is 19.7 Å². The van der Waals surface area contributed by atoms with Crippen LogP contribution in [0.1, 0.15) is 33.2 Å². The lowest BCUT2D eigenvalue weighted by Crippen LogP contribution is -2.51. The summed E-state index contributed by atoms with van der Waals surface area (Å²) >= 11 is 0. The number of anilines is 1. The Kier molecular flexibility index (Phi) is 5.48. The summed E-state index contributed by atoms with van der Waals surface area (Å²) in [5.41, 5.74) is 5.15. The first-order chi connectivity index (χ1) is 17.5. The summed E-state index contributed by atoms with van der Waals surface area (Å²) in [6.45, 7) is 4.08. The maximum absolute atomic E-state index is 14.2. The lowest BCUT2D eigenvalue weighted by molar-refractivity contribution is -0.132. The number of aryl methyl sites for hydroxylation is 1. The molecule has 3 heterocycles. The van der Waals surface area contributed by atoms with Crippen LogP contribution < -0.4 is 4.90 Å². The number of H-pyrrole nitrogens is 1. The first-order valence-electron chi connectivity index (χ1n) is 12.3. The molecule has 1 N–H and O–H groups in total. The average Bonchev–Trinajstić information content (AvgIpc) is 3.37. The number of halogens is 1. The molecule has 36 heavy (non-hydrogen) atoms. The summed E-state index contributed by atoms with van der Waals surface area (Å²) in [5, 5.41) is 1.06. The normalized spacial score (nSPS) is 17.7. The number of carbonyl (C=O) groups excluding carboxylic acids is 2. The minimum atomic E-state index is -0.339. The molecular formula is C29H27FN4O2. The van der Waals surface area contributed by atoms with Crippen LogP contribution >= 0.6 is 0 Å². The van der Waals surface area contributed by atoms with Crippen molar-refractivity contribution in [3.63, 3.8) is 0 Å². The largest absolute Gasteiger partial charge is 0.366 e. The lowest BCUT2D eigenvalue weighted by Gasteiger charge is -2.37. The highest BCUT2D eigenvalue weighted by Crippen LogP contribution is 2.42. The van der Waals surface area contributed by atoms with Crippen LogP contribution in [0.15, 0.2) is 72.8 Å². The fraction of sp³-hybridized carbons (Fsp3) is 0.241. The monoisotopic (exact) mass is 482 g/mol. The summed E-state index contributed by atoms with van der Waals surface area (Å²) in [6.07, 6.45) is 0. The summed E-state index contributed by atoms with van der Waals surface area (Å²) in [5.74, 6) is -0.472. The first-order valence-corrected chi connectivity index (χ1v) is 12.3. The average molecular weight is 483 g/mol. The van der Waals surface area contributed by atoms with Crippen LogP contribution in [0.3, 0.4) is 0 Å². The molecule has 4 aromatic rings. The van der Waals surface area contributed by atoms with E-state index in [0.29, 0.717) is 37.4 Å². The second kappa shape index (κ2) is 8.82. The lowest BCUT2D eigenvalue weighted by atomic mass is 9.95. The molecule has 0 spiro atoms. The number of aromatic nitrogens is 1. The van der Waals surface area contributed by atoms with E-state index in [2.05, 4.69) is 11.1 Å². The van der Waals surface area contributed by atoms with Gasteiger partial charge in [-0.1, -0.05) is 48.5 Å². The quantitative estimate of drug-likeness (QED) is 0.466. The van der Waals surface area contributed by atoms with Gasteiger partial charge >= 0.3 is 0 Å². The number of hydrogen-bond acceptors (Lipinski definition) is 3. The number of fused-ring (bicyclic) bond motifs is 2. The predicted octanol–water partition coefficient (Wildman–Crippen LogP) is 4.51. The molecule has 1 fully saturated rings. The molecule has 3 aromatic carbocycles. The second-order valence-electron chi connectivity index (χ2n) is 9.45. The van der Waals surface area contributed by atoms with Crippen LogP contribution in [0.4, 0.5) is 10.1 Å². The van der Waals surface area contributed by atoms with Crippen LogP contribution in [0.5, 0.6) is 0 Å². The highest BCUT2D eigenvalue weighted by molar-refractivity contribution is 6.02. The van der Waals surface area contributed by atoms with E-state index < -0.39 is 0 Å². The van der Waals surface area contributed by atoms with Crippen molar-refractivity contribution >= 4 is 28.4 Å². The van der Waals surface area contributed by atoms with Crippen molar-refractivity contribution in [2.45, 2.75) is 13.0 Å². The molecule has 0 aliphatic carbocycles. The Labute approximate surface area is 208 Å². The Balaban J connectivity index is 1.27. The van der Waals surface area contributed by atoms with Gasteiger partial charge in [0.05, 0.1) is 11.7 Å². The molecule has 0 bridgehead atoms. The smallest absolute Gasteiger partial charge is 0.255 e. The zero-order chi connectivity index (χ0) is 24.8. The first kappa shape index (κ1) is 22.3. The third kappa shape index (κ3) is 3.63. The second-order valence-corrected chi connectivity index (χ2v) is 9.45. The van der Waals surface area contributed by atoms with Crippen LogP contribution in [-0.4, -0.2) is 59.3 Å². The maximum atomic E-state index is 14.2. The fourth-order valence-electron chi connectivity index (χ4n) is 5.65. The summed E-state index contributed by atoms with van der Waals surface area (Å²) < 4.78 is 14.2. The highest BCUT2D eigenvalue weighted by atomic mass is 19.1. The summed E-state index contributed by atoms with van der Waals surface area (Å²) in [7, 11) is 0. The summed E-state index contributed by atoms with van der Waals surface area (Å²) in [6, 6.07) is 22.1. The van der Waals surface area contributed by atoms with E-state index in [9.17, 15) is 14.0 Å². The Morgan fingerprint density at radius 3 is 2.44 bits per heavy atom. The molecular weight excluding hydrogens is 455 g/mol. The van der Waals surface area contributed by atoms with Crippen molar-refractivity contribution in [1.29, 1.82) is 0 Å². The number of hydrogen-bond donors (Lipinski definition) is 1. The zero-order valence-electron chi connectivity index (χ0n) is 20.1. The van der Waals surface area contributed by atoms with Crippen LogP contribution in [-0.2, 0) is 4.79 Å². The van der Waals surface area contributed by atoms with Crippen molar-refractivity contribution in [3.8, 4) is 0 Å². The van der Waals surface area contributed by atoms with Crippen molar-refractivity contribution in [1.82, 2.24) is 14.8 Å². The molecule has 6 rings (SSSR count). The van der Waals surface area contributed by atoms with E-state index >= 15 is 0 Å². The van der Waals surface area contributed by atoms with E-state index in [0.717, 1.165) is 27.7 Å². The van der Waals surface area contributed by atoms with E-state index in [1.165, 1.54) is 6.07 Å². The molecule has 1 atom stereocenters. The van der Waals surface area contributed by atoms with E-state index in [4.69, 9.17) is 0 Å². The number of nitrogens with one attached hydrogen (secondary N) is 1. The Morgan fingerprint density at radius 1 is 0.944 bits per heavy atom. The molecule has 2 aliphatic rings. The molecule has 2 amide bonds. The number of para-hydroxylation sites is 2. The van der Waals surface area contributed by atoms with Crippen LogP contribution in [0.2, 0.25) is 0 Å². The van der Waals surface area contributed by atoms with Crippen molar-refractivity contribution < 1.29 is 14.0 Å². The van der Waals surface area contributed by atoms with Crippen molar-refractivity contribution in [2.75, 3.05) is 37.6 Å². The molecule has 0 saturated carbocycles. The van der Waals surface area contributed by atoms with Gasteiger partial charge in [0.15, 0.2) is 0 Å². The summed E-state index contributed by atoms with van der Waals surface area (Å²) in [4.78, 5) is 35.9. The Hall–Kier alpha value is -4.13. The van der Waals surface area contributed by atoms with Gasteiger partial charge in [-0.05, 0) is 36.8 Å². The van der Waals surface area contributed by atoms with E-state index in [-0.39, 0.29) is 30.2 Å². The molecule has 0 radical (unpaired) electrons. The number of benzene rings is 3. The number of carbonyl (C=O) groups is 2. The maximum Gasteiger partial charge on any atom is 0.255 e. The predicted molar refractivity (Wildman–Crippen MR) is 138 cm³/mol. The van der Waals surface area contributed by atoms with Crippen molar-refractivity contribution in [3.05, 3.63) is 101 Å². The zero-order valence-corrected chi connectivity index (χ0v) is 20.1. The van der Waals surface area contributed by atoms with Gasteiger partial charge in [0.25, 0.3) is 5.91 Å². The van der Waals surface area contributed by atoms with E-state index in [1.54, 1.807) is 21.9 Å². The standard InChI is InChI=1S/C29H27FN4O2/c1-19-27(22-10-4-6-12-24(22)31-19)28-20-8-2-3-9-21(20)29(36)34(28)18-26(35)33-16-14-32(15-17-33)25-13-7-5-11-23(25)30/h2-13,28,31H,14-18H2,1H3. The number of rotatable bonds is 4. The Bertz CT molecular complexity index is 1470. The highest BCUT2D eigenvalue weighted by Gasteiger charge is 2.41. The number of piperazine rings is 1. The molecule has 2 aliphatic heterocycles. The Morgan fingerprint density at radius 2 is 1.64 bits per heavy atom. The van der Waals surface area contributed by atoms with Gasteiger partial charge in [-0.15, -0.1) is 0 Å². The molecule has 1 unspecified atom stereocenters. The van der Waals surface area contributed by atoms with Crippen LogP contribution in [0, 0.1) is 12.7 Å². The number of nitrogens with zero attached hydrogens (tertiary/aromatic N) is 3. The van der Waals surface area contributed by atoms with Gasteiger partial charge in [0.2, 0.25) is 5.91 Å². The van der Waals surface area contributed by atoms with Crippen LogP contribution in [0.25, 0.3) is 10.9 Å². The van der Waals surface area contributed by atoms with Gasteiger partial charge in [0.1, 0.15) is 12.4 Å². The SMILES string of the molecule is Cc1[nH]c2ccccc2c1C1c2ccccc2C(=O)N1CC(=O)N1CCN(c2ccccc2F)CC1. The third-order valence-corrected chi connectivity index (χ3v) is 7.41. The topological polar surface area (TPSA) is 59.7 Å². The van der Waals surface area contributed by atoms with Gasteiger partial charge in [-0.2, -0.15) is 0 Å². The number of aromatic amines is 1. The van der Waals surface area contributed by atoms with Gasteiger partial charge in [0, 0.05) is 53.9 Å². The molecule has 1 aromatic heterocycles. The minimum absolute atomic E-state index is 0.00315. The molecule has 7 heteroatoms. The molecule has 1 saturated heterocycles. The number of amides is 2.